The first-order chi connectivity index (χ1) is 15.0. The van der Waals surface area contributed by atoms with Gasteiger partial charge in [-0.2, -0.15) is 0 Å². The van der Waals surface area contributed by atoms with Crippen molar-refractivity contribution in [2.45, 2.75) is 13.0 Å². The molecule has 0 bridgehead atoms. The van der Waals surface area contributed by atoms with E-state index in [4.69, 9.17) is 11.6 Å². The van der Waals surface area contributed by atoms with Crippen molar-refractivity contribution in [3.63, 3.8) is 0 Å². The molecule has 0 saturated carbocycles. The number of rotatable bonds is 5. The Morgan fingerprint density at radius 2 is 1.81 bits per heavy atom. The molecule has 4 aromatic rings. The molecule has 0 spiro atoms. The van der Waals surface area contributed by atoms with Crippen LogP contribution in [-0.2, 0) is 0 Å². The zero-order valence-corrected chi connectivity index (χ0v) is 17.7. The second kappa shape index (κ2) is 8.57. The first-order valence-electron chi connectivity index (χ1n) is 9.70. The maximum Gasteiger partial charge on any atom is 0.274 e. The molecular formula is C23H20ClN5O2. The number of halogens is 1. The molecule has 0 fully saturated rings. The summed E-state index contributed by atoms with van der Waals surface area (Å²) in [6.45, 7) is 1.82. The lowest BCUT2D eigenvalue weighted by Crippen LogP contribution is -2.33. The molecule has 7 nitrogen and oxygen atoms in total. The lowest BCUT2D eigenvalue weighted by atomic mass is 10.1. The van der Waals surface area contributed by atoms with E-state index >= 15 is 0 Å². The number of pyridine rings is 1. The highest BCUT2D eigenvalue weighted by atomic mass is 35.5. The van der Waals surface area contributed by atoms with E-state index in [0.717, 1.165) is 0 Å². The molecule has 0 unspecified atom stereocenters. The van der Waals surface area contributed by atoms with Crippen LogP contribution in [0.1, 0.15) is 29.1 Å². The molecule has 0 aliphatic heterocycles. The number of aromatic nitrogens is 3. The van der Waals surface area contributed by atoms with Crippen LogP contribution in [0.3, 0.4) is 0 Å². The topological polar surface area (TPSA) is 88.9 Å². The fourth-order valence-electron chi connectivity index (χ4n) is 3.53. The predicted molar refractivity (Wildman–Crippen MR) is 122 cm³/mol. The number of para-hydroxylation sites is 1. The van der Waals surface area contributed by atoms with Gasteiger partial charge in [-0.25, -0.2) is 9.97 Å². The highest BCUT2D eigenvalue weighted by Gasteiger charge is 2.21. The lowest BCUT2D eigenvalue weighted by molar-refractivity contribution is 0.0934. The molecule has 156 valence electrons. The zero-order chi connectivity index (χ0) is 22.0. The number of fused-ring (bicyclic) bond motifs is 1. The van der Waals surface area contributed by atoms with Crippen molar-refractivity contribution in [1.82, 2.24) is 19.9 Å². The second-order valence-electron chi connectivity index (χ2n) is 6.95. The quantitative estimate of drug-likeness (QED) is 0.497. The molecule has 8 heteroatoms. The minimum atomic E-state index is -0.504. The van der Waals surface area contributed by atoms with Gasteiger partial charge in [-0.1, -0.05) is 41.9 Å². The highest BCUT2D eigenvalue weighted by molar-refractivity contribution is 6.35. The molecule has 0 aliphatic rings. The van der Waals surface area contributed by atoms with Gasteiger partial charge in [-0.15, -0.1) is 0 Å². The normalized spacial score (nSPS) is 11.8. The van der Waals surface area contributed by atoms with E-state index in [1.54, 1.807) is 23.7 Å². The van der Waals surface area contributed by atoms with Gasteiger partial charge in [0.25, 0.3) is 11.5 Å². The third kappa shape index (κ3) is 3.87. The number of anilines is 1. The summed E-state index contributed by atoms with van der Waals surface area (Å²) in [4.78, 5) is 34.6. The Bertz CT molecular complexity index is 1320. The van der Waals surface area contributed by atoms with Crippen molar-refractivity contribution in [1.29, 1.82) is 0 Å². The molecule has 0 saturated heterocycles. The summed E-state index contributed by atoms with van der Waals surface area (Å²) in [5.41, 5.74) is 1.23. The standard InChI is InChI=1S/C23H20ClN5O2/c1-14(28-22(30)20-21(25-2)27-12-11-26-20)18-13-15-7-6-10-17(24)19(15)23(31)29(18)16-8-4-3-5-9-16/h3-14H,1-2H3,(H,25,27)(H,28,30)/t14-/m0/s1. The lowest BCUT2D eigenvalue weighted by Gasteiger charge is -2.21. The third-order valence-corrected chi connectivity index (χ3v) is 5.30. The van der Waals surface area contributed by atoms with Crippen LogP contribution >= 0.6 is 11.6 Å². The zero-order valence-electron chi connectivity index (χ0n) is 17.0. The van der Waals surface area contributed by atoms with E-state index < -0.39 is 11.9 Å². The van der Waals surface area contributed by atoms with E-state index in [2.05, 4.69) is 20.6 Å². The van der Waals surface area contributed by atoms with Crippen LogP contribution in [-0.4, -0.2) is 27.5 Å². The number of nitrogens with zero attached hydrogens (tertiary/aromatic N) is 3. The summed E-state index contributed by atoms with van der Waals surface area (Å²) in [7, 11) is 1.67. The van der Waals surface area contributed by atoms with Gasteiger partial charge >= 0.3 is 0 Å². The van der Waals surface area contributed by atoms with Gasteiger partial charge in [0, 0.05) is 30.8 Å². The van der Waals surface area contributed by atoms with Crippen molar-refractivity contribution in [3.8, 4) is 5.69 Å². The number of amides is 1. The molecule has 2 N–H and O–H groups in total. The van der Waals surface area contributed by atoms with Gasteiger partial charge in [0.05, 0.1) is 16.5 Å². The Morgan fingerprint density at radius 3 is 2.55 bits per heavy atom. The summed E-state index contributed by atoms with van der Waals surface area (Å²) >= 11 is 6.35. The molecule has 31 heavy (non-hydrogen) atoms. The van der Waals surface area contributed by atoms with Crippen LogP contribution in [0.5, 0.6) is 0 Å². The first-order valence-corrected chi connectivity index (χ1v) is 10.1. The number of hydrogen-bond donors (Lipinski definition) is 2. The molecule has 2 heterocycles. The Hall–Kier alpha value is -3.71. The van der Waals surface area contributed by atoms with Crippen molar-refractivity contribution in [2.24, 2.45) is 0 Å². The number of carbonyl (C=O) groups excluding carboxylic acids is 1. The molecule has 0 radical (unpaired) electrons. The van der Waals surface area contributed by atoms with Crippen LogP contribution in [0.2, 0.25) is 5.02 Å². The van der Waals surface area contributed by atoms with Crippen LogP contribution in [0.4, 0.5) is 5.82 Å². The van der Waals surface area contributed by atoms with E-state index in [0.29, 0.717) is 33.0 Å². The Balaban J connectivity index is 1.84. The van der Waals surface area contributed by atoms with Crippen molar-refractivity contribution >= 4 is 34.1 Å². The van der Waals surface area contributed by atoms with Crippen molar-refractivity contribution in [2.75, 3.05) is 12.4 Å². The molecular weight excluding hydrogens is 414 g/mol. The molecule has 2 aromatic carbocycles. The fraction of sp³-hybridized carbons (Fsp3) is 0.130. The van der Waals surface area contributed by atoms with E-state index in [9.17, 15) is 9.59 Å². The third-order valence-electron chi connectivity index (χ3n) is 4.98. The fourth-order valence-corrected chi connectivity index (χ4v) is 3.79. The Morgan fingerprint density at radius 1 is 1.06 bits per heavy atom. The molecule has 1 amide bonds. The monoisotopic (exact) mass is 433 g/mol. The number of benzene rings is 2. The molecule has 4 rings (SSSR count). The Labute approximate surface area is 183 Å². The number of hydrogen-bond acceptors (Lipinski definition) is 5. The van der Waals surface area contributed by atoms with Gasteiger partial charge in [0.2, 0.25) is 0 Å². The Kier molecular flexibility index (Phi) is 5.68. The summed E-state index contributed by atoms with van der Waals surface area (Å²) in [6, 6.07) is 15.9. The van der Waals surface area contributed by atoms with Gasteiger partial charge in [-0.3, -0.25) is 14.2 Å². The summed E-state index contributed by atoms with van der Waals surface area (Å²) in [6.07, 6.45) is 2.96. The molecule has 2 aromatic heterocycles. The number of carbonyl (C=O) groups is 1. The molecule has 0 aliphatic carbocycles. The maximum atomic E-state index is 13.5. The highest BCUT2D eigenvalue weighted by Crippen LogP contribution is 2.25. The van der Waals surface area contributed by atoms with Gasteiger partial charge in [0.15, 0.2) is 11.5 Å². The van der Waals surface area contributed by atoms with E-state index in [1.807, 2.05) is 49.4 Å². The first kappa shape index (κ1) is 20.6. The smallest absolute Gasteiger partial charge is 0.274 e. The van der Waals surface area contributed by atoms with Gasteiger partial charge in [0.1, 0.15) is 0 Å². The average Bonchev–Trinajstić information content (AvgIpc) is 2.79. The van der Waals surface area contributed by atoms with Crippen LogP contribution in [0, 0.1) is 0 Å². The summed E-state index contributed by atoms with van der Waals surface area (Å²) in [5.74, 6) is -0.0267. The van der Waals surface area contributed by atoms with Crippen molar-refractivity contribution in [3.05, 3.63) is 93.8 Å². The second-order valence-corrected chi connectivity index (χ2v) is 7.36. The predicted octanol–water partition coefficient (Wildman–Crippen LogP) is 3.97. The van der Waals surface area contributed by atoms with Crippen LogP contribution < -0.4 is 16.2 Å². The van der Waals surface area contributed by atoms with Crippen molar-refractivity contribution < 1.29 is 4.79 Å². The average molecular weight is 434 g/mol. The minimum Gasteiger partial charge on any atom is -0.371 e. The minimum absolute atomic E-state index is 0.175. The van der Waals surface area contributed by atoms with Crippen LogP contribution in [0.25, 0.3) is 16.5 Å². The summed E-state index contributed by atoms with van der Waals surface area (Å²) in [5, 5.41) is 7.31. The largest absolute Gasteiger partial charge is 0.371 e. The van der Waals surface area contributed by atoms with Gasteiger partial charge in [-0.05, 0) is 36.6 Å². The van der Waals surface area contributed by atoms with Crippen LogP contribution in [0.15, 0.2) is 71.8 Å². The maximum absolute atomic E-state index is 13.5. The number of nitrogens with one attached hydrogen (secondary N) is 2. The summed E-state index contributed by atoms with van der Waals surface area (Å²) < 4.78 is 1.58. The van der Waals surface area contributed by atoms with Gasteiger partial charge < -0.3 is 10.6 Å². The SMILES string of the molecule is CNc1nccnc1C(=O)N[C@@H](C)c1cc2cccc(Cl)c2c(=O)n1-c1ccccc1. The van der Waals surface area contributed by atoms with E-state index in [1.165, 1.54) is 12.4 Å². The van der Waals surface area contributed by atoms with E-state index in [-0.39, 0.29) is 11.3 Å². The molecule has 1 atom stereocenters.